The summed E-state index contributed by atoms with van der Waals surface area (Å²) in [5.41, 5.74) is -1.16. The third-order valence-corrected chi connectivity index (χ3v) is 2.80. The number of rotatable bonds is 5. The molecule has 0 aliphatic rings. The molecule has 3 N–H and O–H groups in total. The van der Waals surface area contributed by atoms with Crippen molar-refractivity contribution >= 4 is 5.91 Å². The molecule has 20 heavy (non-hydrogen) atoms. The maximum atomic E-state index is 11.7. The molecule has 0 aliphatic heterocycles. The lowest BCUT2D eigenvalue weighted by Gasteiger charge is -2.13. The van der Waals surface area contributed by atoms with Crippen LogP contribution in [0.15, 0.2) is 9.59 Å². The number of carbonyl (C=O) groups is 1. The third-order valence-electron chi connectivity index (χ3n) is 2.80. The van der Waals surface area contributed by atoms with Crippen molar-refractivity contribution in [2.45, 2.75) is 52.6 Å². The van der Waals surface area contributed by atoms with Crippen molar-refractivity contribution < 1.29 is 9.90 Å². The maximum absolute atomic E-state index is 11.7. The Bertz CT molecular complexity index is 599. The minimum atomic E-state index is -0.714. The number of nitrogens with one attached hydrogen (secondary N) is 2. The number of hydrogen-bond donors (Lipinski definition) is 3. The van der Waals surface area contributed by atoms with E-state index < -0.39 is 11.2 Å². The van der Waals surface area contributed by atoms with Crippen LogP contribution in [-0.2, 0) is 11.3 Å². The van der Waals surface area contributed by atoms with Gasteiger partial charge in [-0.1, -0.05) is 13.8 Å². The predicted molar refractivity (Wildman–Crippen MR) is 75.0 cm³/mol. The van der Waals surface area contributed by atoms with Gasteiger partial charge in [0.15, 0.2) is 0 Å². The molecule has 0 unspecified atom stereocenters. The predicted octanol–water partition coefficient (Wildman–Crippen LogP) is 0.280. The normalized spacial score (nSPS) is 11.1. The second kappa shape index (κ2) is 6.40. The lowest BCUT2D eigenvalue weighted by Crippen LogP contribution is -2.35. The van der Waals surface area contributed by atoms with Crippen molar-refractivity contribution in [1.29, 1.82) is 0 Å². The van der Waals surface area contributed by atoms with E-state index in [1.54, 1.807) is 13.8 Å². The molecule has 112 valence electrons. The number of aromatic amines is 1. The van der Waals surface area contributed by atoms with Gasteiger partial charge in [0.25, 0.3) is 5.56 Å². The fourth-order valence-corrected chi connectivity index (χ4v) is 1.91. The van der Waals surface area contributed by atoms with Crippen molar-refractivity contribution in [3.8, 4) is 5.88 Å². The number of carbonyl (C=O) groups excluding carboxylic acids is 1. The molecule has 1 aromatic heterocycles. The van der Waals surface area contributed by atoms with Crippen LogP contribution < -0.4 is 16.6 Å². The van der Waals surface area contributed by atoms with Crippen molar-refractivity contribution in [1.82, 2.24) is 14.9 Å². The minimum absolute atomic E-state index is 0.00891. The Kier molecular flexibility index (Phi) is 5.12. The topological polar surface area (TPSA) is 104 Å². The smallest absolute Gasteiger partial charge is 0.331 e. The molecule has 0 spiro atoms. The van der Waals surface area contributed by atoms with Gasteiger partial charge in [0, 0.05) is 19.0 Å². The van der Waals surface area contributed by atoms with Crippen LogP contribution in [-0.4, -0.2) is 26.6 Å². The highest BCUT2D eigenvalue weighted by molar-refractivity contribution is 5.76. The molecule has 7 nitrogen and oxygen atoms in total. The van der Waals surface area contributed by atoms with E-state index in [1.165, 1.54) is 0 Å². The summed E-state index contributed by atoms with van der Waals surface area (Å²) in [4.78, 5) is 37.0. The molecule has 0 saturated heterocycles. The van der Waals surface area contributed by atoms with E-state index in [0.29, 0.717) is 0 Å². The van der Waals surface area contributed by atoms with E-state index in [2.05, 4.69) is 10.3 Å². The molecule has 1 rings (SSSR count). The quantitative estimate of drug-likeness (QED) is 0.722. The molecule has 0 aliphatic carbocycles. The fourth-order valence-electron chi connectivity index (χ4n) is 1.91. The number of amides is 1. The van der Waals surface area contributed by atoms with Crippen molar-refractivity contribution in [2.75, 3.05) is 0 Å². The average Bonchev–Trinajstić information content (AvgIpc) is 2.25. The maximum Gasteiger partial charge on any atom is 0.331 e. The molecule has 0 radical (unpaired) electrons. The van der Waals surface area contributed by atoms with E-state index >= 15 is 0 Å². The molecule has 1 aromatic rings. The van der Waals surface area contributed by atoms with Gasteiger partial charge in [0.2, 0.25) is 11.8 Å². The van der Waals surface area contributed by atoms with Gasteiger partial charge < -0.3 is 10.4 Å². The number of aromatic nitrogens is 2. The molecule has 0 atom stereocenters. The second-order valence-electron chi connectivity index (χ2n) is 5.28. The summed E-state index contributed by atoms with van der Waals surface area (Å²) in [5.74, 6) is -0.815. The van der Waals surface area contributed by atoms with Gasteiger partial charge in [-0.3, -0.25) is 19.1 Å². The van der Waals surface area contributed by atoms with Crippen molar-refractivity contribution in [3.63, 3.8) is 0 Å². The average molecular weight is 283 g/mol. The Morgan fingerprint density at radius 1 is 1.30 bits per heavy atom. The second-order valence-corrected chi connectivity index (χ2v) is 5.28. The van der Waals surface area contributed by atoms with Gasteiger partial charge in [-0.15, -0.1) is 0 Å². The van der Waals surface area contributed by atoms with E-state index in [0.717, 1.165) is 4.57 Å². The van der Waals surface area contributed by atoms with Crippen molar-refractivity contribution in [3.05, 3.63) is 26.4 Å². The van der Waals surface area contributed by atoms with Gasteiger partial charge in [-0.05, 0) is 19.8 Å². The zero-order valence-corrected chi connectivity index (χ0v) is 12.2. The first-order chi connectivity index (χ1) is 9.23. The summed E-state index contributed by atoms with van der Waals surface area (Å²) < 4.78 is 1.01. The zero-order chi connectivity index (χ0) is 15.4. The van der Waals surface area contributed by atoms with E-state index in [-0.39, 0.29) is 42.3 Å². The Morgan fingerprint density at radius 3 is 2.40 bits per heavy atom. The highest BCUT2D eigenvalue weighted by Gasteiger charge is 2.17. The summed E-state index contributed by atoms with van der Waals surface area (Å²) in [5, 5.41) is 12.7. The van der Waals surface area contributed by atoms with Crippen LogP contribution in [0.1, 0.15) is 45.6 Å². The van der Waals surface area contributed by atoms with Crippen LogP contribution in [0.2, 0.25) is 0 Å². The van der Waals surface area contributed by atoms with Gasteiger partial charge in [-0.2, -0.15) is 0 Å². The zero-order valence-electron chi connectivity index (χ0n) is 12.2. The third kappa shape index (κ3) is 3.72. The lowest BCUT2D eigenvalue weighted by atomic mass is 10.1. The lowest BCUT2D eigenvalue weighted by molar-refractivity contribution is -0.121. The first-order valence-electron chi connectivity index (χ1n) is 6.59. The first-order valence-corrected chi connectivity index (χ1v) is 6.59. The summed E-state index contributed by atoms with van der Waals surface area (Å²) >= 11 is 0. The van der Waals surface area contributed by atoms with Gasteiger partial charge in [0.1, 0.15) is 0 Å². The van der Waals surface area contributed by atoms with Crippen molar-refractivity contribution in [2.24, 2.45) is 0 Å². The summed E-state index contributed by atoms with van der Waals surface area (Å²) in [7, 11) is 0. The van der Waals surface area contributed by atoms with Gasteiger partial charge in [-0.25, -0.2) is 4.79 Å². The Labute approximate surface area is 116 Å². The van der Waals surface area contributed by atoms with Crippen LogP contribution in [0.5, 0.6) is 5.88 Å². The monoisotopic (exact) mass is 283 g/mol. The highest BCUT2D eigenvalue weighted by atomic mass is 16.3. The Hall–Kier alpha value is -2.05. The molecule has 0 bridgehead atoms. The van der Waals surface area contributed by atoms with Crippen LogP contribution >= 0.6 is 0 Å². The SMILES string of the molecule is CC(C)NC(=O)CCn1c(O)c(C(C)C)c(=O)[nH]c1=O. The highest BCUT2D eigenvalue weighted by Crippen LogP contribution is 2.19. The van der Waals surface area contributed by atoms with E-state index in [1.807, 2.05) is 13.8 Å². The van der Waals surface area contributed by atoms with E-state index in [4.69, 9.17) is 0 Å². The fraction of sp³-hybridized carbons (Fsp3) is 0.615. The van der Waals surface area contributed by atoms with Crippen LogP contribution in [0.25, 0.3) is 0 Å². The molecule has 1 amide bonds. The molecule has 0 fully saturated rings. The number of aromatic hydroxyl groups is 1. The molecule has 1 heterocycles. The molecular weight excluding hydrogens is 262 g/mol. The van der Waals surface area contributed by atoms with Gasteiger partial charge in [0.05, 0.1) is 5.56 Å². The number of H-pyrrole nitrogens is 1. The number of hydrogen-bond acceptors (Lipinski definition) is 4. The molecule has 0 saturated carbocycles. The van der Waals surface area contributed by atoms with Crippen LogP contribution in [0, 0.1) is 0 Å². The van der Waals surface area contributed by atoms with Crippen LogP contribution in [0.3, 0.4) is 0 Å². The molecular formula is C13H21N3O4. The first kappa shape index (κ1) is 16.0. The molecule has 7 heteroatoms. The largest absolute Gasteiger partial charge is 0.494 e. The van der Waals surface area contributed by atoms with E-state index in [9.17, 15) is 19.5 Å². The summed E-state index contributed by atoms with van der Waals surface area (Å²) in [6.07, 6.45) is 0.0508. The summed E-state index contributed by atoms with van der Waals surface area (Å²) in [6, 6.07) is 0.00891. The molecule has 0 aromatic carbocycles. The van der Waals surface area contributed by atoms with Crippen LogP contribution in [0.4, 0.5) is 0 Å². The Morgan fingerprint density at radius 2 is 1.90 bits per heavy atom. The van der Waals surface area contributed by atoms with Gasteiger partial charge >= 0.3 is 5.69 Å². The Balaban J connectivity index is 3.02. The minimum Gasteiger partial charge on any atom is -0.494 e. The summed E-state index contributed by atoms with van der Waals surface area (Å²) in [6.45, 7) is 7.16. The number of nitrogens with zero attached hydrogens (tertiary/aromatic N) is 1. The standard InChI is InChI=1S/C13H21N3O4/c1-7(2)10-11(18)15-13(20)16(12(10)19)6-5-9(17)14-8(3)4/h7-8,19H,5-6H2,1-4H3,(H,14,17)(H,15,18,20).